The summed E-state index contributed by atoms with van der Waals surface area (Å²) in [6, 6.07) is 3.27. The predicted octanol–water partition coefficient (Wildman–Crippen LogP) is 1.36. The molecule has 3 N–H and O–H groups in total. The number of hydrogen-bond acceptors (Lipinski definition) is 5. The van der Waals surface area contributed by atoms with Crippen molar-refractivity contribution in [1.82, 2.24) is 10.2 Å². The van der Waals surface area contributed by atoms with E-state index in [9.17, 15) is 9.90 Å². The molecule has 1 heterocycles. The van der Waals surface area contributed by atoms with Crippen LogP contribution in [-0.2, 0) is 6.42 Å². The number of nitrogens with zero attached hydrogens (tertiary/aromatic N) is 2. The first-order valence-electron chi connectivity index (χ1n) is 7.33. The minimum absolute atomic E-state index is 0.360. The van der Waals surface area contributed by atoms with Gasteiger partial charge in [-0.25, -0.2) is 0 Å². The molecule has 0 saturated heterocycles. The van der Waals surface area contributed by atoms with Gasteiger partial charge >= 0.3 is 0 Å². The SMILES string of the molecule is COc1cc(C(N)=O)cc2c(CC(O)C3CC3)c(C)nnc12. The average molecular weight is 301 g/mol. The third-order valence-corrected chi connectivity index (χ3v) is 4.22. The largest absolute Gasteiger partial charge is 0.494 e. The minimum Gasteiger partial charge on any atom is -0.494 e. The van der Waals surface area contributed by atoms with E-state index in [1.807, 2.05) is 6.92 Å². The van der Waals surface area contributed by atoms with Crippen molar-refractivity contribution in [2.75, 3.05) is 7.11 Å². The predicted molar refractivity (Wildman–Crippen MR) is 81.8 cm³/mol. The number of aromatic nitrogens is 2. The van der Waals surface area contributed by atoms with Crippen LogP contribution in [0.2, 0.25) is 0 Å². The second kappa shape index (κ2) is 5.53. The van der Waals surface area contributed by atoms with E-state index >= 15 is 0 Å². The lowest BCUT2D eigenvalue weighted by Crippen LogP contribution is -2.16. The molecule has 0 bridgehead atoms. The smallest absolute Gasteiger partial charge is 0.248 e. The van der Waals surface area contributed by atoms with E-state index in [1.165, 1.54) is 7.11 Å². The molecule has 1 fully saturated rings. The molecule has 1 aromatic carbocycles. The van der Waals surface area contributed by atoms with Crippen molar-refractivity contribution in [2.45, 2.75) is 32.3 Å². The number of benzene rings is 1. The fourth-order valence-electron chi connectivity index (χ4n) is 2.73. The van der Waals surface area contributed by atoms with Gasteiger partial charge in [0.25, 0.3) is 0 Å². The van der Waals surface area contributed by atoms with Crippen LogP contribution in [0.4, 0.5) is 0 Å². The Labute approximate surface area is 128 Å². The van der Waals surface area contributed by atoms with Crippen molar-refractivity contribution in [3.05, 3.63) is 29.0 Å². The van der Waals surface area contributed by atoms with Crippen molar-refractivity contribution in [3.8, 4) is 5.75 Å². The standard InChI is InChI=1S/C16H19N3O3/c1-8-11(7-13(20)9-3-4-9)12-5-10(16(17)21)6-14(22-2)15(12)19-18-8/h5-6,9,13,20H,3-4,7H2,1-2H3,(H2,17,21). The van der Waals surface area contributed by atoms with Crippen LogP contribution in [0.15, 0.2) is 12.1 Å². The van der Waals surface area contributed by atoms with Crippen LogP contribution in [0.25, 0.3) is 10.9 Å². The summed E-state index contributed by atoms with van der Waals surface area (Å²) >= 11 is 0. The van der Waals surface area contributed by atoms with Gasteiger partial charge in [0.05, 0.1) is 18.9 Å². The lowest BCUT2D eigenvalue weighted by Gasteiger charge is -2.15. The number of amides is 1. The first kappa shape index (κ1) is 14.7. The summed E-state index contributed by atoms with van der Waals surface area (Å²) in [4.78, 5) is 11.5. The molecule has 1 aliphatic rings. The number of primary amides is 1. The zero-order valence-electron chi connectivity index (χ0n) is 12.7. The highest BCUT2D eigenvalue weighted by molar-refractivity contribution is 5.99. The molecule has 1 aromatic heterocycles. The number of rotatable bonds is 5. The number of ether oxygens (including phenoxy) is 1. The molecule has 0 radical (unpaired) electrons. The third-order valence-electron chi connectivity index (χ3n) is 4.22. The summed E-state index contributed by atoms with van der Waals surface area (Å²) in [5, 5.41) is 19.4. The molecule has 22 heavy (non-hydrogen) atoms. The molecule has 1 amide bonds. The Morgan fingerprint density at radius 2 is 2.18 bits per heavy atom. The highest BCUT2D eigenvalue weighted by Crippen LogP contribution is 2.36. The number of methoxy groups -OCH3 is 1. The van der Waals surface area contributed by atoms with Crippen LogP contribution in [0, 0.1) is 12.8 Å². The summed E-state index contributed by atoms with van der Waals surface area (Å²) in [5.74, 6) is 0.299. The first-order chi connectivity index (χ1) is 10.5. The van der Waals surface area contributed by atoms with Crippen LogP contribution in [-0.4, -0.2) is 34.4 Å². The number of nitrogens with two attached hydrogens (primary N) is 1. The van der Waals surface area contributed by atoms with Crippen LogP contribution in [0.1, 0.15) is 34.5 Å². The van der Waals surface area contributed by atoms with Gasteiger partial charge in [0.1, 0.15) is 11.3 Å². The minimum atomic E-state index is -0.525. The topological polar surface area (TPSA) is 98.3 Å². The number of fused-ring (bicyclic) bond motifs is 1. The fraction of sp³-hybridized carbons (Fsp3) is 0.438. The van der Waals surface area contributed by atoms with Gasteiger partial charge < -0.3 is 15.6 Å². The van der Waals surface area contributed by atoms with Crippen molar-refractivity contribution >= 4 is 16.8 Å². The van der Waals surface area contributed by atoms with Gasteiger partial charge in [-0.05, 0) is 43.4 Å². The van der Waals surface area contributed by atoms with Gasteiger partial charge in [0.15, 0.2) is 0 Å². The average Bonchev–Trinajstić information content (AvgIpc) is 3.33. The molecule has 0 aliphatic heterocycles. The second-order valence-corrected chi connectivity index (χ2v) is 5.81. The number of aryl methyl sites for hydroxylation is 1. The van der Waals surface area contributed by atoms with Gasteiger partial charge in [-0.15, -0.1) is 5.10 Å². The molecule has 3 rings (SSSR count). The normalized spacial score (nSPS) is 15.8. The molecule has 1 aliphatic carbocycles. The van der Waals surface area contributed by atoms with Crippen LogP contribution in [0.5, 0.6) is 5.75 Å². The monoisotopic (exact) mass is 301 g/mol. The van der Waals surface area contributed by atoms with Crippen molar-refractivity contribution < 1.29 is 14.6 Å². The molecule has 1 unspecified atom stereocenters. The maximum atomic E-state index is 11.5. The van der Waals surface area contributed by atoms with E-state index in [1.54, 1.807) is 12.1 Å². The molecular weight excluding hydrogens is 282 g/mol. The van der Waals surface area contributed by atoms with Crippen LogP contribution < -0.4 is 10.5 Å². The van der Waals surface area contributed by atoms with E-state index in [-0.39, 0.29) is 0 Å². The second-order valence-electron chi connectivity index (χ2n) is 5.81. The Bertz CT molecular complexity index is 741. The Kier molecular flexibility index (Phi) is 3.70. The van der Waals surface area contributed by atoms with E-state index in [0.29, 0.717) is 29.2 Å². The molecule has 6 nitrogen and oxygen atoms in total. The van der Waals surface area contributed by atoms with E-state index in [0.717, 1.165) is 29.5 Å². The number of hydrogen-bond donors (Lipinski definition) is 2. The summed E-state index contributed by atoms with van der Waals surface area (Å²) in [6.45, 7) is 1.85. The zero-order valence-corrected chi connectivity index (χ0v) is 12.7. The van der Waals surface area contributed by atoms with Crippen molar-refractivity contribution in [3.63, 3.8) is 0 Å². The van der Waals surface area contributed by atoms with Gasteiger partial charge in [0, 0.05) is 17.4 Å². The summed E-state index contributed by atoms with van der Waals surface area (Å²) < 4.78 is 5.31. The van der Waals surface area contributed by atoms with Gasteiger partial charge in [-0.3, -0.25) is 4.79 Å². The highest BCUT2D eigenvalue weighted by atomic mass is 16.5. The lowest BCUT2D eigenvalue weighted by atomic mass is 9.97. The highest BCUT2D eigenvalue weighted by Gasteiger charge is 2.30. The summed E-state index contributed by atoms with van der Waals surface area (Å²) in [5.41, 5.74) is 7.98. The third kappa shape index (κ3) is 2.62. The Morgan fingerprint density at radius 1 is 1.45 bits per heavy atom. The fourth-order valence-corrected chi connectivity index (χ4v) is 2.73. The first-order valence-corrected chi connectivity index (χ1v) is 7.33. The Hall–Kier alpha value is -2.21. The summed E-state index contributed by atoms with van der Waals surface area (Å²) in [6.07, 6.45) is 2.22. The van der Waals surface area contributed by atoms with Gasteiger partial charge in [-0.2, -0.15) is 5.10 Å². The maximum Gasteiger partial charge on any atom is 0.248 e. The molecule has 2 aromatic rings. The van der Waals surface area contributed by atoms with Crippen molar-refractivity contribution in [1.29, 1.82) is 0 Å². The number of aliphatic hydroxyl groups excluding tert-OH is 1. The molecule has 1 atom stereocenters. The molecule has 116 valence electrons. The van der Waals surface area contributed by atoms with Crippen LogP contribution in [0.3, 0.4) is 0 Å². The summed E-state index contributed by atoms with van der Waals surface area (Å²) in [7, 11) is 1.51. The Balaban J connectivity index is 2.17. The maximum absolute atomic E-state index is 11.5. The van der Waals surface area contributed by atoms with Crippen LogP contribution >= 0.6 is 0 Å². The zero-order chi connectivity index (χ0) is 15.9. The van der Waals surface area contributed by atoms with Gasteiger partial charge in [-0.1, -0.05) is 0 Å². The molecule has 6 heteroatoms. The molecule has 0 spiro atoms. The number of aliphatic hydroxyl groups is 1. The molecule has 1 saturated carbocycles. The number of carbonyl (C=O) groups is 1. The van der Waals surface area contributed by atoms with E-state index in [2.05, 4.69) is 10.2 Å². The quantitative estimate of drug-likeness (QED) is 0.869. The molecular formula is C16H19N3O3. The van der Waals surface area contributed by atoms with E-state index < -0.39 is 12.0 Å². The van der Waals surface area contributed by atoms with E-state index in [4.69, 9.17) is 10.5 Å². The lowest BCUT2D eigenvalue weighted by molar-refractivity contribution is 0.1000. The van der Waals surface area contributed by atoms with Gasteiger partial charge in [0.2, 0.25) is 5.91 Å². The Morgan fingerprint density at radius 3 is 2.77 bits per heavy atom. The number of carbonyl (C=O) groups excluding carboxylic acids is 1. The van der Waals surface area contributed by atoms with Crippen molar-refractivity contribution in [2.24, 2.45) is 11.7 Å².